The molecule has 0 rings (SSSR count). The molecule has 0 fully saturated rings. The molecular weight excluding hydrogens is 224 g/mol. The molecule has 0 heterocycles. The van der Waals surface area contributed by atoms with Gasteiger partial charge >= 0.3 is 11.4 Å². The van der Waals surface area contributed by atoms with Crippen molar-refractivity contribution in [2.75, 3.05) is 0 Å². The van der Waals surface area contributed by atoms with Crippen LogP contribution in [-0.2, 0) is 4.79 Å². The summed E-state index contributed by atoms with van der Waals surface area (Å²) in [5, 5.41) is 4.44. The van der Waals surface area contributed by atoms with Crippen molar-refractivity contribution >= 4 is 40.8 Å². The Bertz CT molecular complexity index is 165. The fraction of sp³-hybridized carbons (Fsp3) is 0.750. The molecule has 0 bridgehead atoms. The van der Waals surface area contributed by atoms with Crippen molar-refractivity contribution in [3.8, 4) is 0 Å². The summed E-state index contributed by atoms with van der Waals surface area (Å²) in [4.78, 5) is 10.0. The molecule has 0 saturated carbocycles. The number of carboxylic acids is 1. The topological polar surface area (TPSA) is 37.3 Å². The summed E-state index contributed by atoms with van der Waals surface area (Å²) in [7, 11) is 0. The first kappa shape index (κ1) is 11.2. The Hall–Kier alpha value is 0.200. The van der Waals surface area contributed by atoms with E-state index in [1.807, 2.05) is 0 Å². The molecule has 0 saturated heterocycles. The van der Waals surface area contributed by atoms with Gasteiger partial charge in [0, 0.05) is 0 Å². The highest BCUT2D eigenvalue weighted by atomic mass is 35.5. The van der Waals surface area contributed by atoms with Crippen LogP contribution in [0, 0.1) is 0 Å². The van der Waals surface area contributed by atoms with Crippen molar-refractivity contribution in [1.29, 1.82) is 0 Å². The third-order valence-corrected chi connectivity index (χ3v) is 1.46. The Balaban J connectivity index is 4.25. The molecule has 11 heavy (non-hydrogen) atoms. The fourth-order valence-corrected chi connectivity index (χ4v) is 1.00. The Morgan fingerprint density at radius 2 is 1.73 bits per heavy atom. The molecule has 0 radical (unpaired) electrons. The molecule has 0 amide bonds. The highest BCUT2D eigenvalue weighted by Gasteiger charge is 2.44. The number of carbonyl (C=O) groups is 1. The number of hydrogen-bond acceptors (Lipinski definition) is 1. The average molecular weight is 227 g/mol. The van der Waals surface area contributed by atoms with Crippen molar-refractivity contribution < 1.29 is 18.7 Å². The van der Waals surface area contributed by atoms with E-state index in [4.69, 9.17) is 28.3 Å². The number of carboxylic acid groups (broad SMARTS) is 1. The third-order valence-electron chi connectivity index (χ3n) is 0.735. The summed E-state index contributed by atoms with van der Waals surface area (Å²) < 4.78 is 21.3. The highest BCUT2D eigenvalue weighted by molar-refractivity contribution is 6.57. The molecule has 0 aliphatic rings. The molecule has 0 spiro atoms. The van der Waals surface area contributed by atoms with Crippen molar-refractivity contribution in [2.45, 2.75) is 16.1 Å². The lowest BCUT2D eigenvalue weighted by Crippen LogP contribution is -2.31. The zero-order chi connectivity index (χ0) is 9.28. The molecule has 0 aromatic rings. The van der Waals surface area contributed by atoms with Crippen LogP contribution < -0.4 is 0 Å². The van der Waals surface area contributed by atoms with Crippen LogP contribution >= 0.6 is 34.8 Å². The Kier molecular flexibility index (Phi) is 3.35. The monoisotopic (exact) mass is 226 g/mol. The number of alkyl halides is 5. The smallest absolute Gasteiger partial charge is 0.340 e. The van der Waals surface area contributed by atoms with E-state index < -0.39 is 22.1 Å². The van der Waals surface area contributed by atoms with E-state index in [1.54, 1.807) is 0 Å². The van der Waals surface area contributed by atoms with Crippen molar-refractivity contribution in [1.82, 2.24) is 0 Å². The number of aliphatic carboxylic acids is 1. The van der Waals surface area contributed by atoms with Gasteiger partial charge < -0.3 is 5.11 Å². The summed E-state index contributed by atoms with van der Waals surface area (Å²) >= 11 is 14.3. The minimum atomic E-state index is -3.71. The second-order valence-electron chi connectivity index (χ2n) is 1.80. The van der Waals surface area contributed by atoms with Crippen LogP contribution in [0.3, 0.4) is 0 Å². The molecule has 1 N–H and O–H groups in total. The summed E-state index contributed by atoms with van der Waals surface area (Å²) in [5.41, 5.74) is 0. The second kappa shape index (κ2) is 3.29. The van der Waals surface area contributed by atoms with Crippen molar-refractivity contribution in [3.05, 3.63) is 0 Å². The predicted molar refractivity (Wildman–Crippen MR) is 37.5 cm³/mol. The molecular formula is C4H3Cl3F2O2. The van der Waals surface area contributed by atoms with Crippen molar-refractivity contribution in [2.24, 2.45) is 0 Å². The zero-order valence-electron chi connectivity index (χ0n) is 4.95. The quantitative estimate of drug-likeness (QED) is 0.752. The largest absolute Gasteiger partial charge is 0.479 e. The maximum absolute atomic E-state index is 11.9. The summed E-state index contributed by atoms with van der Waals surface area (Å²) in [6.45, 7) is 0. The van der Waals surface area contributed by atoms with E-state index in [9.17, 15) is 13.6 Å². The van der Waals surface area contributed by atoms with Gasteiger partial charge in [-0.05, 0) is 11.6 Å². The lowest BCUT2D eigenvalue weighted by Gasteiger charge is -2.16. The summed E-state index contributed by atoms with van der Waals surface area (Å²) in [5.74, 6) is -1.75. The van der Waals surface area contributed by atoms with Gasteiger partial charge in [-0.1, -0.05) is 23.2 Å². The maximum Gasteiger partial charge on any atom is 0.340 e. The van der Waals surface area contributed by atoms with Gasteiger partial charge in [-0.15, -0.1) is 0 Å². The molecule has 66 valence electrons. The van der Waals surface area contributed by atoms with E-state index in [0.717, 1.165) is 0 Å². The van der Waals surface area contributed by atoms with E-state index in [0.29, 0.717) is 0 Å². The van der Waals surface area contributed by atoms with Gasteiger partial charge in [0.2, 0.25) is 4.33 Å². The standard InChI is InChI=1S/C4H3Cl3F2O2/c5-3(6,2(10)11)1-4(7,8)9/h1H2,(H,10,11). The van der Waals surface area contributed by atoms with Crippen LogP contribution in [-0.4, -0.2) is 20.8 Å². The number of hydrogen-bond donors (Lipinski definition) is 1. The van der Waals surface area contributed by atoms with Crippen LogP contribution in [0.1, 0.15) is 6.42 Å². The lowest BCUT2D eigenvalue weighted by molar-refractivity contribution is -0.139. The zero-order valence-corrected chi connectivity index (χ0v) is 7.22. The summed E-state index contributed by atoms with van der Waals surface area (Å²) in [6.07, 6.45) is -1.33. The molecule has 2 nitrogen and oxygen atoms in total. The average Bonchev–Trinajstić information content (AvgIpc) is 1.56. The Labute approximate surface area is 76.0 Å². The second-order valence-corrected chi connectivity index (χ2v) is 3.84. The molecule has 0 aromatic heterocycles. The van der Waals surface area contributed by atoms with Gasteiger partial charge in [-0.3, -0.25) is 0 Å². The van der Waals surface area contributed by atoms with E-state index in [2.05, 4.69) is 11.6 Å². The van der Waals surface area contributed by atoms with Gasteiger partial charge in [0.15, 0.2) is 0 Å². The first-order valence-corrected chi connectivity index (χ1v) is 3.46. The molecule has 0 aliphatic carbocycles. The van der Waals surface area contributed by atoms with Crippen molar-refractivity contribution in [3.63, 3.8) is 0 Å². The predicted octanol–water partition coefficient (Wildman–Crippen LogP) is 2.47. The lowest BCUT2D eigenvalue weighted by atomic mass is 10.3. The van der Waals surface area contributed by atoms with Crippen LogP contribution in [0.25, 0.3) is 0 Å². The van der Waals surface area contributed by atoms with Crippen LogP contribution in [0.15, 0.2) is 0 Å². The van der Waals surface area contributed by atoms with Crippen LogP contribution in [0.5, 0.6) is 0 Å². The molecule has 0 unspecified atom stereocenters. The molecule has 7 heteroatoms. The molecule has 0 aliphatic heterocycles. The summed E-state index contributed by atoms with van der Waals surface area (Å²) in [6, 6.07) is 0. The molecule has 0 atom stereocenters. The van der Waals surface area contributed by atoms with E-state index >= 15 is 0 Å². The third kappa shape index (κ3) is 4.61. The Morgan fingerprint density at radius 1 is 1.36 bits per heavy atom. The number of rotatable bonds is 3. The molecule has 0 aromatic carbocycles. The normalized spacial score (nSPS) is 13.2. The maximum atomic E-state index is 11.9. The van der Waals surface area contributed by atoms with Gasteiger partial charge in [-0.25, -0.2) is 4.79 Å². The van der Waals surface area contributed by atoms with E-state index in [1.165, 1.54) is 0 Å². The van der Waals surface area contributed by atoms with Crippen LogP contribution in [0.4, 0.5) is 8.78 Å². The Morgan fingerprint density at radius 3 is 1.82 bits per heavy atom. The highest BCUT2D eigenvalue weighted by Crippen LogP contribution is 2.36. The minimum absolute atomic E-state index is 1.33. The van der Waals surface area contributed by atoms with E-state index in [-0.39, 0.29) is 0 Å². The fourth-order valence-electron chi connectivity index (χ4n) is 0.327. The minimum Gasteiger partial charge on any atom is -0.479 e. The van der Waals surface area contributed by atoms with Gasteiger partial charge in [0.25, 0.3) is 0 Å². The first-order chi connectivity index (χ1) is 4.65. The number of halogens is 5. The SMILES string of the molecule is O=C(O)C(Cl)(Cl)CC(F)(F)Cl. The van der Waals surface area contributed by atoms with Crippen LogP contribution in [0.2, 0.25) is 0 Å². The van der Waals surface area contributed by atoms with Gasteiger partial charge in [-0.2, -0.15) is 8.78 Å². The first-order valence-electron chi connectivity index (χ1n) is 2.33. The van der Waals surface area contributed by atoms with Gasteiger partial charge in [0.05, 0.1) is 6.42 Å². The van der Waals surface area contributed by atoms with Gasteiger partial charge in [0.1, 0.15) is 0 Å².